The van der Waals surface area contributed by atoms with Crippen molar-refractivity contribution >= 4 is 108 Å². The van der Waals surface area contributed by atoms with Crippen LogP contribution in [0.4, 0.5) is 0 Å². The van der Waals surface area contributed by atoms with Crippen LogP contribution in [0.25, 0.3) is 99.6 Å². The van der Waals surface area contributed by atoms with Crippen molar-refractivity contribution in [3.8, 4) is 78.0 Å². The zero-order valence-electron chi connectivity index (χ0n) is 35.9. The molecule has 0 saturated carbocycles. The van der Waals surface area contributed by atoms with Gasteiger partial charge in [-0.05, 0) is 170 Å². The molecular formula is C58H38Br4Cl2N2. The van der Waals surface area contributed by atoms with Gasteiger partial charge in [0.25, 0.3) is 0 Å². The second-order valence-corrected chi connectivity index (χ2v) is 21.5. The number of fused-ring (bicyclic) bond motifs is 3. The molecule has 0 radical (unpaired) electrons. The molecule has 0 aliphatic carbocycles. The number of aromatic nitrogens is 2. The van der Waals surface area contributed by atoms with Gasteiger partial charge in [0, 0.05) is 57.3 Å². The van der Waals surface area contributed by atoms with E-state index in [9.17, 15) is 0 Å². The average Bonchev–Trinajstić information content (AvgIpc) is 3.31. The first kappa shape index (κ1) is 44.9. The van der Waals surface area contributed by atoms with Crippen molar-refractivity contribution in [2.24, 2.45) is 0 Å². The quantitative estimate of drug-likeness (QED) is 0.149. The molecule has 0 fully saturated rings. The van der Waals surface area contributed by atoms with E-state index < -0.39 is 0 Å². The van der Waals surface area contributed by atoms with E-state index in [4.69, 9.17) is 28.2 Å². The first-order valence-corrected chi connectivity index (χ1v) is 25.3. The summed E-state index contributed by atoms with van der Waals surface area (Å²) >= 11 is 29.8. The smallest absolute Gasteiger partial charge is 0.134 e. The monoisotopic (exact) mass is 1150 g/mol. The number of benzene rings is 9. The van der Waals surface area contributed by atoms with Crippen molar-refractivity contribution in [1.82, 2.24) is 9.97 Å². The molecule has 0 unspecified atom stereocenters. The van der Waals surface area contributed by atoms with E-state index in [2.05, 4.69) is 229 Å². The Hall–Kier alpha value is -4.92. The zero-order valence-corrected chi connectivity index (χ0v) is 43.8. The summed E-state index contributed by atoms with van der Waals surface area (Å²) in [6, 6.07) is 59.7. The third kappa shape index (κ3) is 8.62. The highest BCUT2D eigenvalue weighted by atomic mass is 79.9. The zero-order chi connectivity index (χ0) is 45.9. The Balaban J connectivity index is 1.12. The molecule has 66 heavy (non-hydrogen) atoms. The van der Waals surface area contributed by atoms with Gasteiger partial charge >= 0.3 is 0 Å². The Bertz CT molecular complexity index is 3500. The summed E-state index contributed by atoms with van der Waals surface area (Å²) < 4.78 is 3.88. The summed E-state index contributed by atoms with van der Waals surface area (Å²) in [5.41, 5.74) is 14.1. The molecule has 1 heterocycles. The summed E-state index contributed by atoms with van der Waals surface area (Å²) in [5, 5.41) is 5.91. The average molecular weight is 1150 g/mol. The van der Waals surface area contributed by atoms with Gasteiger partial charge in [0.1, 0.15) is 5.82 Å². The molecule has 1 aromatic heterocycles. The third-order valence-electron chi connectivity index (χ3n) is 12.0. The van der Waals surface area contributed by atoms with Gasteiger partial charge in [-0.3, -0.25) is 0 Å². The molecule has 0 saturated heterocycles. The first-order valence-electron chi connectivity index (χ1n) is 21.4. The van der Waals surface area contributed by atoms with Crippen LogP contribution in [0.15, 0.2) is 194 Å². The Morgan fingerprint density at radius 2 is 0.894 bits per heavy atom. The lowest BCUT2D eigenvalue weighted by Crippen LogP contribution is -2.16. The fourth-order valence-electron chi connectivity index (χ4n) is 8.71. The molecule has 322 valence electrons. The summed E-state index contributed by atoms with van der Waals surface area (Å²) in [6.45, 7) is 6.38. The lowest BCUT2D eigenvalue weighted by molar-refractivity contribution is 0.545. The maximum atomic E-state index is 7.39. The van der Waals surface area contributed by atoms with Crippen molar-refractivity contribution in [2.45, 2.75) is 26.2 Å². The predicted molar refractivity (Wildman–Crippen MR) is 295 cm³/mol. The normalized spacial score (nSPS) is 11.7. The van der Waals surface area contributed by atoms with Crippen LogP contribution >= 0.6 is 86.9 Å². The molecule has 9 aromatic carbocycles. The number of nitrogens with zero attached hydrogens (tertiary/aromatic N) is 2. The Kier molecular flexibility index (Phi) is 12.4. The van der Waals surface area contributed by atoms with E-state index >= 15 is 0 Å². The second-order valence-electron chi connectivity index (χ2n) is 17.4. The van der Waals surface area contributed by atoms with Crippen molar-refractivity contribution in [3.05, 3.63) is 210 Å². The molecule has 0 bridgehead atoms. The maximum Gasteiger partial charge on any atom is 0.134 e. The topological polar surface area (TPSA) is 25.8 Å². The molecule has 2 nitrogen and oxygen atoms in total. The van der Waals surface area contributed by atoms with Gasteiger partial charge in [-0.15, -0.1) is 0 Å². The molecule has 0 N–H and O–H groups in total. The van der Waals surface area contributed by atoms with Crippen LogP contribution in [-0.4, -0.2) is 9.97 Å². The Labute approximate surface area is 428 Å². The van der Waals surface area contributed by atoms with Gasteiger partial charge in [-0.2, -0.15) is 0 Å². The van der Waals surface area contributed by atoms with Crippen LogP contribution in [0, 0.1) is 0 Å². The Morgan fingerprint density at radius 1 is 0.394 bits per heavy atom. The van der Waals surface area contributed by atoms with E-state index in [0.29, 0.717) is 10.0 Å². The lowest BCUT2D eigenvalue weighted by atomic mass is 9.88. The largest absolute Gasteiger partial charge is 0.240 e. The minimum Gasteiger partial charge on any atom is -0.240 e. The summed E-state index contributed by atoms with van der Waals surface area (Å²) in [6.07, 6.45) is 1.85. The molecule has 0 amide bonds. The predicted octanol–water partition coefficient (Wildman–Crippen LogP) is 20.1. The van der Waals surface area contributed by atoms with Crippen molar-refractivity contribution in [3.63, 3.8) is 0 Å². The molecular weight excluding hydrogens is 1120 g/mol. The third-order valence-corrected chi connectivity index (χ3v) is 15.4. The molecule has 10 rings (SSSR count). The highest BCUT2D eigenvalue weighted by Gasteiger charge is 2.22. The van der Waals surface area contributed by atoms with E-state index in [-0.39, 0.29) is 5.41 Å². The fraction of sp³-hybridized carbons (Fsp3) is 0.0690. The summed E-state index contributed by atoms with van der Waals surface area (Å²) in [4.78, 5) is 9.75. The van der Waals surface area contributed by atoms with Crippen LogP contribution in [0.1, 0.15) is 26.6 Å². The summed E-state index contributed by atoms with van der Waals surface area (Å²) in [5.74, 6) is 0.773. The minimum absolute atomic E-state index is 0.226. The maximum absolute atomic E-state index is 7.39. The Morgan fingerprint density at radius 3 is 1.50 bits per heavy atom. The molecule has 0 aliphatic rings. The van der Waals surface area contributed by atoms with Crippen molar-refractivity contribution < 1.29 is 0 Å². The number of hydrogen-bond donors (Lipinski definition) is 0. The van der Waals surface area contributed by atoms with Gasteiger partial charge in [-0.25, -0.2) is 9.97 Å². The highest BCUT2D eigenvalue weighted by molar-refractivity contribution is 9.11. The van der Waals surface area contributed by atoms with Gasteiger partial charge in [-0.1, -0.05) is 179 Å². The molecule has 0 atom stereocenters. The number of halogens is 6. The summed E-state index contributed by atoms with van der Waals surface area (Å²) in [7, 11) is 0. The van der Waals surface area contributed by atoms with E-state index in [0.717, 1.165) is 123 Å². The van der Waals surface area contributed by atoms with Crippen molar-refractivity contribution in [1.29, 1.82) is 0 Å². The van der Waals surface area contributed by atoms with Crippen LogP contribution in [0.2, 0.25) is 10.0 Å². The second kappa shape index (κ2) is 18.3. The lowest BCUT2D eigenvalue weighted by Gasteiger charge is -2.19. The van der Waals surface area contributed by atoms with E-state index in [1.165, 1.54) is 0 Å². The van der Waals surface area contributed by atoms with Crippen molar-refractivity contribution in [2.75, 3.05) is 0 Å². The molecule has 8 heteroatoms. The van der Waals surface area contributed by atoms with Crippen LogP contribution < -0.4 is 0 Å². The SMILES string of the molecule is CC(C)(C)c1ncc(Br)c(-c2cc(-c3ccc(-c4ccc5c(-c6cc(-c7ccccc7Cl)cc(-c7ccccc7Br)c6)c(Br)c6ccccc6c5c4)cc3Cl)cc(-c3ccccc3Br)c2)n1. The van der Waals surface area contributed by atoms with E-state index in [1.807, 2.05) is 36.5 Å². The van der Waals surface area contributed by atoms with Gasteiger partial charge in [0.2, 0.25) is 0 Å². The van der Waals surface area contributed by atoms with E-state index in [1.54, 1.807) is 0 Å². The molecule has 10 aromatic rings. The van der Waals surface area contributed by atoms with Gasteiger partial charge in [0.05, 0.1) is 10.2 Å². The number of hydrogen-bond acceptors (Lipinski definition) is 2. The minimum atomic E-state index is -0.226. The first-order chi connectivity index (χ1) is 31.8. The number of rotatable bonds is 7. The molecule has 0 spiro atoms. The standard InChI is InChI=1S/C58H38Br4Cl2N2/c1-58(2,3)57-65-32-51(61)56(66-57)40-28-36(42-13-7-10-18-50(42)60)25-38(29-40)44-22-20-34(31-53(44)64)33-21-23-46-48(30-33)45-15-4-5-16-47(45)55(62)54(46)39-26-35(41-12-6-9-17-49(41)59)24-37(27-39)43-14-8-11-19-52(43)63/h4-32H,1-3H3. The fourth-order valence-corrected chi connectivity index (χ4v) is 11.5. The van der Waals surface area contributed by atoms with Gasteiger partial charge in [0.15, 0.2) is 0 Å². The van der Waals surface area contributed by atoms with Gasteiger partial charge < -0.3 is 0 Å². The molecule has 0 aliphatic heterocycles. The highest BCUT2D eigenvalue weighted by Crippen LogP contribution is 2.47. The van der Waals surface area contributed by atoms with Crippen LogP contribution in [-0.2, 0) is 5.41 Å². The van der Waals surface area contributed by atoms with Crippen LogP contribution in [0.3, 0.4) is 0 Å². The van der Waals surface area contributed by atoms with Crippen LogP contribution in [0.5, 0.6) is 0 Å².